The molecule has 0 N–H and O–H groups in total. The van der Waals surface area contributed by atoms with E-state index >= 15 is 0 Å². The van der Waals surface area contributed by atoms with Crippen LogP contribution in [0.4, 0.5) is 0 Å². The first kappa shape index (κ1) is 21.3. The molecule has 4 heteroatoms. The third-order valence-electron chi connectivity index (χ3n) is 2.46. The van der Waals surface area contributed by atoms with Gasteiger partial charge in [0.15, 0.2) is 8.32 Å². The van der Waals surface area contributed by atoms with Gasteiger partial charge in [-0.05, 0) is 36.0 Å². The van der Waals surface area contributed by atoms with Crippen molar-refractivity contribution in [3.05, 3.63) is 11.6 Å². The number of hydrogen-bond donors (Lipinski definition) is 0. The Kier molecular flexibility index (Phi) is 6.92. The van der Waals surface area contributed by atoms with Crippen molar-refractivity contribution in [1.29, 1.82) is 0 Å². The van der Waals surface area contributed by atoms with Gasteiger partial charge in [0.25, 0.3) is 0 Å². The summed E-state index contributed by atoms with van der Waals surface area (Å²) in [6.45, 7) is 27.8. The molecule has 0 saturated heterocycles. The van der Waals surface area contributed by atoms with Gasteiger partial charge in [0.2, 0.25) is 0 Å². The zero-order valence-corrected chi connectivity index (χ0v) is 19.3. The van der Waals surface area contributed by atoms with Crippen molar-refractivity contribution in [3.63, 3.8) is 0 Å². The third-order valence-corrected chi connectivity index (χ3v) is 7.27. The van der Waals surface area contributed by atoms with Crippen LogP contribution in [-0.4, -0.2) is 21.5 Å². The Balaban J connectivity index is 6.07. The van der Waals surface area contributed by atoms with Gasteiger partial charge >= 0.3 is 0 Å². The van der Waals surface area contributed by atoms with Crippen molar-refractivity contribution >= 4 is 29.3 Å². The van der Waals surface area contributed by atoms with Crippen molar-refractivity contribution in [1.82, 2.24) is 0 Å². The zero-order valence-electron chi connectivity index (χ0n) is 16.4. The van der Waals surface area contributed by atoms with Crippen molar-refractivity contribution < 1.29 is 4.43 Å². The molecular weight excluding hydrogens is 307 g/mol. The van der Waals surface area contributed by atoms with E-state index in [4.69, 9.17) is 4.43 Å². The Labute approximate surface area is 137 Å². The van der Waals surface area contributed by atoms with Crippen LogP contribution in [0.3, 0.4) is 0 Å². The standard InChI is InChI=1S/C17H37OPSi2/c1-16(2,3)13-14(17(4,5)6)15(18-20(7,8)9)19-21(10,11)12/h13H,1-12H3/b14-13-. The van der Waals surface area contributed by atoms with E-state index in [-0.39, 0.29) is 10.8 Å². The lowest BCUT2D eigenvalue weighted by Gasteiger charge is -2.32. The fraction of sp³-hybridized carbons (Fsp3) is 0.824. The molecule has 0 aromatic heterocycles. The van der Waals surface area contributed by atoms with Crippen LogP contribution in [0.1, 0.15) is 41.5 Å². The van der Waals surface area contributed by atoms with Gasteiger partial charge in [-0.1, -0.05) is 75.0 Å². The molecule has 0 spiro atoms. The van der Waals surface area contributed by atoms with E-state index in [1.54, 1.807) is 0 Å². The molecule has 0 bridgehead atoms. The summed E-state index contributed by atoms with van der Waals surface area (Å²) in [5.41, 5.74) is 2.94. The lowest BCUT2D eigenvalue weighted by Crippen LogP contribution is -2.33. The van der Waals surface area contributed by atoms with Gasteiger partial charge in [-0.3, -0.25) is 0 Å². The van der Waals surface area contributed by atoms with E-state index in [2.05, 4.69) is 86.9 Å². The van der Waals surface area contributed by atoms with E-state index < -0.39 is 16.1 Å². The molecule has 0 atom stereocenters. The molecular formula is C17H37OPSi2. The minimum absolute atomic E-state index is 0.120. The number of hydrogen-bond acceptors (Lipinski definition) is 1. The van der Waals surface area contributed by atoms with Crippen LogP contribution in [0.15, 0.2) is 11.6 Å². The van der Waals surface area contributed by atoms with E-state index in [9.17, 15) is 0 Å². The molecule has 124 valence electrons. The first-order valence-corrected chi connectivity index (χ1v) is 16.6. The fourth-order valence-corrected chi connectivity index (χ4v) is 7.19. The molecule has 0 aromatic carbocycles. The maximum Gasteiger partial charge on any atom is 0.192 e. The minimum atomic E-state index is -1.60. The monoisotopic (exact) mass is 344 g/mol. The molecule has 0 radical (unpaired) electrons. The quantitative estimate of drug-likeness (QED) is 0.404. The van der Waals surface area contributed by atoms with Gasteiger partial charge in [0, 0.05) is 0 Å². The van der Waals surface area contributed by atoms with Crippen LogP contribution in [0, 0.1) is 10.8 Å². The second kappa shape index (κ2) is 6.82. The number of rotatable bonds is 4. The highest BCUT2D eigenvalue weighted by Crippen LogP contribution is 2.36. The van der Waals surface area contributed by atoms with Crippen molar-refractivity contribution in [2.45, 2.75) is 80.8 Å². The molecule has 0 saturated carbocycles. The smallest absolute Gasteiger partial charge is 0.192 e. The Morgan fingerprint density at radius 3 is 1.52 bits per heavy atom. The van der Waals surface area contributed by atoms with Crippen LogP contribution in [0.25, 0.3) is 0 Å². The second-order valence-corrected chi connectivity index (χ2v) is 24.1. The average Bonchev–Trinajstić information content (AvgIpc) is 2.04. The van der Waals surface area contributed by atoms with E-state index in [0.717, 1.165) is 0 Å². The molecule has 21 heavy (non-hydrogen) atoms. The molecule has 0 unspecified atom stereocenters. The van der Waals surface area contributed by atoms with Crippen molar-refractivity contribution in [2.24, 2.45) is 10.8 Å². The second-order valence-electron chi connectivity index (χ2n) is 9.98. The van der Waals surface area contributed by atoms with E-state index in [1.165, 1.54) is 18.8 Å². The summed E-state index contributed by atoms with van der Waals surface area (Å²) < 4.78 is 6.56. The topological polar surface area (TPSA) is 9.23 Å². The van der Waals surface area contributed by atoms with Gasteiger partial charge in [0.05, 0.1) is 5.48 Å². The highest BCUT2D eigenvalue weighted by atomic mass is 31.3. The van der Waals surface area contributed by atoms with Gasteiger partial charge in [-0.25, -0.2) is 0 Å². The molecule has 0 aliphatic rings. The average molecular weight is 345 g/mol. The first-order valence-electron chi connectivity index (χ1n) is 7.93. The van der Waals surface area contributed by atoms with Crippen LogP contribution >= 0.6 is 7.75 Å². The predicted molar refractivity (Wildman–Crippen MR) is 107 cm³/mol. The summed E-state index contributed by atoms with van der Waals surface area (Å²) in [5, 5.41) is 0. The van der Waals surface area contributed by atoms with Crippen LogP contribution in [0.2, 0.25) is 39.3 Å². The summed E-state index contributed by atoms with van der Waals surface area (Å²) in [5.74, 6) is 0. The van der Waals surface area contributed by atoms with E-state index in [1.807, 2.05) is 0 Å². The number of allylic oxidation sites excluding steroid dienone is 1. The SMILES string of the molecule is CC(C)(C)/C=C(/C(O[Si](C)(C)C)=P[Si](C)(C)C)C(C)(C)C. The molecule has 0 aliphatic heterocycles. The fourth-order valence-electron chi connectivity index (χ4n) is 1.76. The minimum Gasteiger partial charge on any atom is -0.382 e. The van der Waals surface area contributed by atoms with Crippen LogP contribution in [-0.2, 0) is 4.43 Å². The Morgan fingerprint density at radius 2 is 1.29 bits per heavy atom. The van der Waals surface area contributed by atoms with Crippen molar-refractivity contribution in [2.75, 3.05) is 0 Å². The first-order chi connectivity index (χ1) is 8.91. The normalized spacial score (nSPS) is 16.4. The van der Waals surface area contributed by atoms with Crippen molar-refractivity contribution in [3.8, 4) is 0 Å². The summed E-state index contributed by atoms with van der Waals surface area (Å²) >= 11 is 0. The highest BCUT2D eigenvalue weighted by molar-refractivity contribution is 7.81. The predicted octanol–water partition coefficient (Wildman–Crippen LogP) is 6.77. The lowest BCUT2D eigenvalue weighted by molar-refractivity contribution is 0.464. The molecule has 1 nitrogen and oxygen atoms in total. The summed E-state index contributed by atoms with van der Waals surface area (Å²) in [7, 11) is -1.42. The van der Waals surface area contributed by atoms with Gasteiger partial charge < -0.3 is 4.43 Å². The largest absolute Gasteiger partial charge is 0.382 e. The van der Waals surface area contributed by atoms with Gasteiger partial charge in [-0.15, -0.1) is 0 Å². The molecule has 0 heterocycles. The molecule has 0 rings (SSSR count). The van der Waals surface area contributed by atoms with Crippen LogP contribution in [0.5, 0.6) is 0 Å². The summed E-state index contributed by atoms with van der Waals surface area (Å²) in [6.07, 6.45) is 2.43. The van der Waals surface area contributed by atoms with Gasteiger partial charge in [0.1, 0.15) is 7.74 Å². The van der Waals surface area contributed by atoms with Crippen LogP contribution < -0.4 is 0 Å². The Hall–Kier alpha value is 0.304. The Morgan fingerprint density at radius 1 is 0.857 bits per heavy atom. The zero-order chi connectivity index (χ0) is 17.3. The molecule has 0 aromatic rings. The highest BCUT2D eigenvalue weighted by Gasteiger charge is 2.29. The summed E-state index contributed by atoms with van der Waals surface area (Å²) in [6, 6.07) is 0. The summed E-state index contributed by atoms with van der Waals surface area (Å²) in [4.78, 5) is 0. The van der Waals surface area contributed by atoms with E-state index in [0.29, 0.717) is 0 Å². The Bertz CT molecular complexity index is 410. The maximum absolute atomic E-state index is 6.56. The molecule has 0 fully saturated rings. The van der Waals surface area contributed by atoms with Gasteiger partial charge in [-0.2, -0.15) is 0 Å². The lowest BCUT2D eigenvalue weighted by atomic mass is 9.81. The molecule has 0 amide bonds. The molecule has 0 aliphatic carbocycles. The third kappa shape index (κ3) is 10.6. The maximum atomic E-state index is 6.56.